The van der Waals surface area contributed by atoms with Crippen LogP contribution in [0.5, 0.6) is 0 Å². The summed E-state index contributed by atoms with van der Waals surface area (Å²) in [6.45, 7) is 0.180. The van der Waals surface area contributed by atoms with Crippen LogP contribution in [0, 0.1) is 0 Å². The van der Waals surface area contributed by atoms with Gasteiger partial charge in [0.15, 0.2) is 0 Å². The lowest BCUT2D eigenvalue weighted by Crippen LogP contribution is -2.37. The minimum atomic E-state index is -0.980. The molecule has 1 aromatic rings. The molecule has 1 aromatic carbocycles. The fourth-order valence-corrected chi connectivity index (χ4v) is 2.26. The molecular formula is C13H16ClN3O3. The summed E-state index contributed by atoms with van der Waals surface area (Å²) in [6.07, 6.45) is 0.755. The van der Waals surface area contributed by atoms with Gasteiger partial charge in [0.25, 0.3) is 0 Å². The van der Waals surface area contributed by atoms with Gasteiger partial charge in [0.1, 0.15) is 0 Å². The van der Waals surface area contributed by atoms with Crippen molar-refractivity contribution < 1.29 is 14.7 Å². The number of carbonyl (C=O) groups is 2. The molecule has 0 bridgehead atoms. The zero-order chi connectivity index (χ0) is 14.9. The topological polar surface area (TPSA) is 110 Å². The van der Waals surface area contributed by atoms with E-state index < -0.39 is 18.0 Å². The van der Waals surface area contributed by atoms with Crippen LogP contribution < -0.4 is 11.5 Å². The third-order valence-electron chi connectivity index (χ3n) is 3.31. The van der Waals surface area contributed by atoms with Gasteiger partial charge in [-0.25, -0.2) is 4.79 Å². The van der Waals surface area contributed by atoms with Crippen molar-refractivity contribution in [2.75, 3.05) is 6.54 Å². The Balaban J connectivity index is 2.16. The molecule has 5 N–H and O–H groups in total. The number of nitrogens with two attached hydrogens (primary N) is 2. The molecule has 108 valence electrons. The van der Waals surface area contributed by atoms with Gasteiger partial charge in [0.05, 0.1) is 10.6 Å². The number of halogens is 1. The van der Waals surface area contributed by atoms with E-state index in [9.17, 15) is 9.59 Å². The number of nitrogens with zero attached hydrogens (tertiary/aromatic N) is 1. The quantitative estimate of drug-likeness (QED) is 0.766. The highest BCUT2D eigenvalue weighted by molar-refractivity contribution is 6.33. The van der Waals surface area contributed by atoms with Gasteiger partial charge in [-0.3, -0.25) is 4.79 Å². The van der Waals surface area contributed by atoms with Gasteiger partial charge in [0.2, 0.25) is 5.91 Å². The number of primary amides is 1. The van der Waals surface area contributed by atoms with Crippen LogP contribution in [0.15, 0.2) is 18.2 Å². The number of amides is 2. The second-order valence-corrected chi connectivity index (χ2v) is 5.28. The monoisotopic (exact) mass is 297 g/mol. The lowest BCUT2D eigenvalue weighted by molar-refractivity contribution is 0.1000. The summed E-state index contributed by atoms with van der Waals surface area (Å²) in [5.74, 6) is -0.638. The van der Waals surface area contributed by atoms with Crippen molar-refractivity contribution in [1.29, 1.82) is 0 Å². The van der Waals surface area contributed by atoms with Crippen molar-refractivity contribution >= 4 is 23.6 Å². The Hall–Kier alpha value is -1.79. The van der Waals surface area contributed by atoms with E-state index >= 15 is 0 Å². The molecule has 20 heavy (non-hydrogen) atoms. The smallest absolute Gasteiger partial charge is 0.407 e. The van der Waals surface area contributed by atoms with Gasteiger partial charge in [-0.15, -0.1) is 0 Å². The lowest BCUT2D eigenvalue weighted by Gasteiger charge is -2.23. The molecule has 1 fully saturated rings. The highest BCUT2D eigenvalue weighted by Crippen LogP contribution is 2.29. The lowest BCUT2D eigenvalue weighted by atomic mass is 10.0. The maximum atomic E-state index is 11.2. The van der Waals surface area contributed by atoms with E-state index in [-0.39, 0.29) is 23.2 Å². The van der Waals surface area contributed by atoms with Crippen molar-refractivity contribution in [3.63, 3.8) is 0 Å². The molecule has 1 saturated carbocycles. The fraction of sp³-hybridized carbons (Fsp3) is 0.385. The second-order valence-electron chi connectivity index (χ2n) is 4.88. The number of rotatable bonds is 5. The van der Waals surface area contributed by atoms with E-state index in [2.05, 4.69) is 0 Å². The molecule has 0 radical (unpaired) electrons. The zero-order valence-corrected chi connectivity index (χ0v) is 11.5. The number of hydrogen-bond acceptors (Lipinski definition) is 3. The van der Waals surface area contributed by atoms with Gasteiger partial charge in [-0.05, 0) is 30.5 Å². The van der Waals surface area contributed by atoms with Crippen LogP contribution in [0.1, 0.15) is 34.8 Å². The molecule has 2 amide bonds. The molecular weight excluding hydrogens is 282 g/mol. The number of hydrogen-bond donors (Lipinski definition) is 3. The standard InChI is InChI=1S/C13H16ClN3O3/c14-10-4-1-7(5-9(10)12(16)18)11(15)6-17(13(19)20)8-2-3-8/h1,4-5,8,11H,2-3,6,15H2,(H2,16,18)(H,19,20)/t11-/m1/s1. The minimum Gasteiger partial charge on any atom is -0.465 e. The Kier molecular flexibility index (Phi) is 4.15. The molecule has 0 unspecified atom stereocenters. The molecule has 6 nitrogen and oxygen atoms in total. The maximum Gasteiger partial charge on any atom is 0.407 e. The summed E-state index contributed by atoms with van der Waals surface area (Å²) in [7, 11) is 0. The summed E-state index contributed by atoms with van der Waals surface area (Å²) in [5, 5.41) is 9.40. The summed E-state index contributed by atoms with van der Waals surface area (Å²) >= 11 is 5.87. The average Bonchev–Trinajstić information content (AvgIpc) is 3.19. The molecule has 2 rings (SSSR count). The van der Waals surface area contributed by atoms with E-state index in [1.165, 1.54) is 11.0 Å². The second kappa shape index (κ2) is 5.68. The Morgan fingerprint density at radius 1 is 1.45 bits per heavy atom. The fourth-order valence-electron chi connectivity index (χ4n) is 2.05. The van der Waals surface area contributed by atoms with Crippen molar-refractivity contribution in [1.82, 2.24) is 4.90 Å². The molecule has 0 heterocycles. The van der Waals surface area contributed by atoms with E-state index in [1.54, 1.807) is 12.1 Å². The molecule has 1 atom stereocenters. The molecule has 7 heteroatoms. The van der Waals surface area contributed by atoms with Crippen LogP contribution in [0.25, 0.3) is 0 Å². The Morgan fingerprint density at radius 2 is 2.10 bits per heavy atom. The zero-order valence-electron chi connectivity index (χ0n) is 10.8. The highest BCUT2D eigenvalue weighted by atomic mass is 35.5. The molecule has 1 aliphatic rings. The van der Waals surface area contributed by atoms with Crippen LogP contribution in [0.4, 0.5) is 4.79 Å². The Morgan fingerprint density at radius 3 is 2.60 bits per heavy atom. The predicted molar refractivity (Wildman–Crippen MR) is 74.7 cm³/mol. The van der Waals surface area contributed by atoms with Crippen LogP contribution in [0.2, 0.25) is 5.02 Å². The third kappa shape index (κ3) is 3.20. The van der Waals surface area contributed by atoms with Crippen molar-refractivity contribution in [3.05, 3.63) is 34.3 Å². The molecule has 0 aliphatic heterocycles. The highest BCUT2D eigenvalue weighted by Gasteiger charge is 2.33. The van der Waals surface area contributed by atoms with Gasteiger partial charge in [0, 0.05) is 18.6 Å². The number of benzene rings is 1. The molecule has 0 saturated heterocycles. The third-order valence-corrected chi connectivity index (χ3v) is 3.64. The number of carboxylic acid groups (broad SMARTS) is 1. The predicted octanol–water partition coefficient (Wildman–Crippen LogP) is 1.58. The Labute approximate surface area is 121 Å². The SMILES string of the molecule is NC(=O)c1cc([C@H](N)CN(C(=O)O)C2CC2)ccc1Cl. The largest absolute Gasteiger partial charge is 0.465 e. The van der Waals surface area contributed by atoms with E-state index in [4.69, 9.17) is 28.2 Å². The van der Waals surface area contributed by atoms with Gasteiger partial charge in [-0.1, -0.05) is 17.7 Å². The van der Waals surface area contributed by atoms with Crippen LogP contribution in [-0.2, 0) is 0 Å². The molecule has 1 aliphatic carbocycles. The van der Waals surface area contributed by atoms with Crippen LogP contribution in [-0.4, -0.2) is 34.6 Å². The summed E-state index contributed by atoms with van der Waals surface area (Å²) in [4.78, 5) is 23.7. The first kappa shape index (κ1) is 14.6. The van der Waals surface area contributed by atoms with Gasteiger partial charge in [-0.2, -0.15) is 0 Å². The van der Waals surface area contributed by atoms with E-state index in [0.717, 1.165) is 12.8 Å². The van der Waals surface area contributed by atoms with Crippen molar-refractivity contribution in [2.24, 2.45) is 11.5 Å². The molecule has 0 aromatic heterocycles. The van der Waals surface area contributed by atoms with E-state index in [1.807, 2.05) is 0 Å². The van der Waals surface area contributed by atoms with Crippen molar-refractivity contribution in [3.8, 4) is 0 Å². The summed E-state index contributed by atoms with van der Waals surface area (Å²) < 4.78 is 0. The summed E-state index contributed by atoms with van der Waals surface area (Å²) in [5.41, 5.74) is 12.1. The Bertz CT molecular complexity index is 546. The summed E-state index contributed by atoms with van der Waals surface area (Å²) in [6, 6.07) is 4.26. The first-order valence-electron chi connectivity index (χ1n) is 6.24. The van der Waals surface area contributed by atoms with Crippen molar-refractivity contribution in [2.45, 2.75) is 24.9 Å². The maximum absolute atomic E-state index is 11.2. The molecule has 0 spiro atoms. The normalized spacial score (nSPS) is 15.7. The first-order valence-corrected chi connectivity index (χ1v) is 6.62. The van der Waals surface area contributed by atoms with Gasteiger partial charge < -0.3 is 21.5 Å². The van der Waals surface area contributed by atoms with Crippen LogP contribution >= 0.6 is 11.6 Å². The van der Waals surface area contributed by atoms with E-state index in [0.29, 0.717) is 5.56 Å². The minimum absolute atomic E-state index is 0.0569. The van der Waals surface area contributed by atoms with Crippen LogP contribution in [0.3, 0.4) is 0 Å². The van der Waals surface area contributed by atoms with Gasteiger partial charge >= 0.3 is 6.09 Å². The average molecular weight is 298 g/mol. The number of carbonyl (C=O) groups excluding carboxylic acids is 1. The first-order chi connectivity index (χ1) is 9.40.